The molecule has 0 radical (unpaired) electrons. The Morgan fingerprint density at radius 3 is 1.79 bits per heavy atom. The molecule has 1 fully saturated rings. The lowest BCUT2D eigenvalue weighted by Crippen LogP contribution is -2.41. The minimum atomic E-state index is -0.700. The number of halogens is 2. The third-order valence-corrected chi connectivity index (χ3v) is 6.38. The van der Waals surface area contributed by atoms with Crippen molar-refractivity contribution in [3.8, 4) is 5.75 Å². The predicted octanol–water partition coefficient (Wildman–Crippen LogP) is 5.10. The molecule has 33 heavy (non-hydrogen) atoms. The Kier molecular flexibility index (Phi) is 7.04. The second kappa shape index (κ2) is 10.1. The lowest BCUT2D eigenvalue weighted by molar-refractivity contribution is -0.133. The molecule has 1 N–H and O–H groups in total. The highest BCUT2D eigenvalue weighted by Crippen LogP contribution is 2.32. The molecule has 4 rings (SSSR count). The monoisotopic (exact) mass is 450 g/mol. The zero-order chi connectivity index (χ0) is 23.4. The van der Waals surface area contributed by atoms with Crippen LogP contribution in [0.3, 0.4) is 0 Å². The lowest BCUT2D eigenvalue weighted by atomic mass is 9.89. The second-order valence-electron chi connectivity index (χ2n) is 8.60. The molecule has 1 saturated heterocycles. The Balaban J connectivity index is 1.70. The van der Waals surface area contributed by atoms with E-state index in [9.17, 15) is 18.7 Å². The van der Waals surface area contributed by atoms with Gasteiger partial charge >= 0.3 is 0 Å². The van der Waals surface area contributed by atoms with E-state index >= 15 is 0 Å². The van der Waals surface area contributed by atoms with Gasteiger partial charge in [-0.1, -0.05) is 36.4 Å². The van der Waals surface area contributed by atoms with Gasteiger partial charge in [-0.3, -0.25) is 4.79 Å². The summed E-state index contributed by atoms with van der Waals surface area (Å²) < 4.78 is 27.2. The number of likely N-dealkylation sites (tertiary alicyclic amines) is 1. The molecule has 172 valence electrons. The summed E-state index contributed by atoms with van der Waals surface area (Å²) in [6.45, 7) is 2.64. The lowest BCUT2D eigenvalue weighted by Gasteiger charge is -2.34. The zero-order valence-electron chi connectivity index (χ0n) is 18.6. The average Bonchev–Trinajstić information content (AvgIpc) is 3.34. The van der Waals surface area contributed by atoms with Crippen molar-refractivity contribution >= 4 is 5.91 Å². The topological polar surface area (TPSA) is 43.8 Å². The molecule has 3 aromatic rings. The number of hydrogen-bond donors (Lipinski definition) is 1. The molecule has 6 heteroatoms. The fourth-order valence-electron chi connectivity index (χ4n) is 4.50. The van der Waals surface area contributed by atoms with Crippen molar-refractivity contribution in [2.45, 2.75) is 24.8 Å². The quantitative estimate of drug-likeness (QED) is 0.545. The molecule has 0 unspecified atom stereocenters. The molecule has 0 bridgehead atoms. The summed E-state index contributed by atoms with van der Waals surface area (Å²) in [5.41, 5.74) is 2.21. The number of carbonyl (C=O) groups is 1. The van der Waals surface area contributed by atoms with E-state index in [-0.39, 0.29) is 29.3 Å². The third kappa shape index (κ3) is 5.40. The normalized spacial score (nSPS) is 15.0. The smallest absolute Gasteiger partial charge is 0.234 e. The number of phenolic OH excluding ortho intramolecular Hbond substituents is 1. The first-order valence-corrected chi connectivity index (χ1v) is 11.2. The van der Waals surface area contributed by atoms with Gasteiger partial charge in [0.15, 0.2) is 0 Å². The van der Waals surface area contributed by atoms with Gasteiger partial charge in [-0.15, -0.1) is 0 Å². The summed E-state index contributed by atoms with van der Waals surface area (Å²) in [7, 11) is 1.77. The summed E-state index contributed by atoms with van der Waals surface area (Å²) in [6.07, 6.45) is 2.27. The number of amides is 1. The summed E-state index contributed by atoms with van der Waals surface area (Å²) >= 11 is 0. The molecular weight excluding hydrogens is 422 g/mol. The molecule has 0 aromatic heterocycles. The first-order valence-electron chi connectivity index (χ1n) is 11.2. The van der Waals surface area contributed by atoms with Gasteiger partial charge in [0, 0.05) is 13.6 Å². The first kappa shape index (κ1) is 22.9. The molecule has 0 aliphatic carbocycles. The van der Waals surface area contributed by atoms with E-state index in [0.29, 0.717) is 17.7 Å². The molecule has 0 saturated carbocycles. The van der Waals surface area contributed by atoms with E-state index in [1.54, 1.807) is 48.3 Å². The molecule has 1 aliphatic rings. The van der Waals surface area contributed by atoms with Crippen LogP contribution in [0.5, 0.6) is 5.75 Å². The van der Waals surface area contributed by atoms with Gasteiger partial charge in [0.2, 0.25) is 5.91 Å². The van der Waals surface area contributed by atoms with E-state index in [1.165, 1.54) is 24.3 Å². The van der Waals surface area contributed by atoms with Gasteiger partial charge < -0.3 is 14.9 Å². The van der Waals surface area contributed by atoms with Crippen molar-refractivity contribution in [1.29, 1.82) is 0 Å². The van der Waals surface area contributed by atoms with Gasteiger partial charge in [0.05, 0.1) is 12.0 Å². The van der Waals surface area contributed by atoms with Crippen LogP contribution in [0.1, 0.15) is 41.5 Å². The van der Waals surface area contributed by atoms with Gasteiger partial charge in [-0.25, -0.2) is 8.78 Å². The summed E-state index contributed by atoms with van der Waals surface area (Å²) in [5.74, 6) is -1.45. The number of rotatable bonds is 7. The Hall–Kier alpha value is -3.25. The standard InChI is InChI=1S/C27H28F2N2O2/c1-30(25(18-31-16-2-3-17-31)19-8-14-24(32)15-9-19)27(33)26(20-4-10-22(28)11-5-20)21-6-12-23(29)13-7-21/h4-15,25-26,32H,2-3,16-18H2,1H3/t25-/m1/s1. The zero-order valence-corrected chi connectivity index (χ0v) is 18.6. The number of phenols is 1. The van der Waals surface area contributed by atoms with Crippen LogP contribution >= 0.6 is 0 Å². The van der Waals surface area contributed by atoms with Gasteiger partial charge in [-0.2, -0.15) is 0 Å². The van der Waals surface area contributed by atoms with E-state index < -0.39 is 5.92 Å². The summed E-state index contributed by atoms with van der Waals surface area (Å²) in [6, 6.07) is 18.4. The minimum Gasteiger partial charge on any atom is -0.508 e. The maximum Gasteiger partial charge on any atom is 0.234 e. The van der Waals surface area contributed by atoms with E-state index in [2.05, 4.69) is 4.90 Å². The van der Waals surface area contributed by atoms with Crippen LogP contribution in [-0.2, 0) is 4.79 Å². The van der Waals surface area contributed by atoms with Gasteiger partial charge in [0.1, 0.15) is 17.4 Å². The summed E-state index contributed by atoms with van der Waals surface area (Å²) in [5, 5.41) is 9.75. The molecule has 1 atom stereocenters. The van der Waals surface area contributed by atoms with Crippen molar-refractivity contribution < 1.29 is 18.7 Å². The number of benzene rings is 3. The summed E-state index contributed by atoms with van der Waals surface area (Å²) in [4.78, 5) is 18.0. The molecule has 1 aliphatic heterocycles. The number of nitrogens with zero attached hydrogens (tertiary/aromatic N) is 2. The molecule has 0 spiro atoms. The Labute approximate surface area is 193 Å². The van der Waals surface area contributed by atoms with Crippen LogP contribution in [0.15, 0.2) is 72.8 Å². The van der Waals surface area contributed by atoms with Crippen LogP contribution in [-0.4, -0.2) is 47.5 Å². The van der Waals surface area contributed by atoms with Crippen molar-refractivity contribution in [3.63, 3.8) is 0 Å². The Bertz CT molecular complexity index is 1020. The molecule has 1 heterocycles. The highest BCUT2D eigenvalue weighted by Gasteiger charge is 2.32. The fraction of sp³-hybridized carbons (Fsp3) is 0.296. The molecule has 4 nitrogen and oxygen atoms in total. The van der Waals surface area contributed by atoms with Crippen LogP contribution < -0.4 is 0 Å². The van der Waals surface area contributed by atoms with E-state index in [1.807, 2.05) is 12.1 Å². The molecular formula is C27H28F2N2O2. The van der Waals surface area contributed by atoms with E-state index in [4.69, 9.17) is 0 Å². The van der Waals surface area contributed by atoms with Crippen molar-refractivity contribution in [2.24, 2.45) is 0 Å². The highest BCUT2D eigenvalue weighted by atomic mass is 19.1. The van der Waals surface area contributed by atoms with Gasteiger partial charge in [0.25, 0.3) is 0 Å². The maximum absolute atomic E-state index is 13.9. The Morgan fingerprint density at radius 1 is 0.848 bits per heavy atom. The number of aromatic hydroxyl groups is 1. The average molecular weight is 451 g/mol. The van der Waals surface area contributed by atoms with Crippen molar-refractivity contribution in [2.75, 3.05) is 26.7 Å². The molecule has 1 amide bonds. The SMILES string of the molecule is CN(C(=O)C(c1ccc(F)cc1)c1ccc(F)cc1)[C@H](CN1CCCC1)c1ccc(O)cc1. The van der Waals surface area contributed by atoms with Gasteiger partial charge in [-0.05, 0) is 79.0 Å². The first-order chi connectivity index (χ1) is 15.9. The fourth-order valence-corrected chi connectivity index (χ4v) is 4.50. The van der Waals surface area contributed by atoms with Crippen LogP contribution in [0, 0.1) is 11.6 Å². The third-order valence-electron chi connectivity index (χ3n) is 6.38. The number of carbonyl (C=O) groups excluding carboxylic acids is 1. The number of likely N-dealkylation sites (N-methyl/N-ethyl adjacent to an activating group) is 1. The maximum atomic E-state index is 13.9. The second-order valence-corrected chi connectivity index (χ2v) is 8.60. The van der Waals surface area contributed by atoms with Crippen LogP contribution in [0.25, 0.3) is 0 Å². The Morgan fingerprint density at radius 2 is 1.30 bits per heavy atom. The van der Waals surface area contributed by atoms with Crippen molar-refractivity contribution in [3.05, 3.63) is 101 Å². The van der Waals surface area contributed by atoms with Crippen LogP contribution in [0.2, 0.25) is 0 Å². The minimum absolute atomic E-state index is 0.162. The largest absolute Gasteiger partial charge is 0.508 e. The van der Waals surface area contributed by atoms with E-state index in [0.717, 1.165) is 31.5 Å². The number of hydrogen-bond acceptors (Lipinski definition) is 3. The highest BCUT2D eigenvalue weighted by molar-refractivity contribution is 5.87. The van der Waals surface area contributed by atoms with Crippen LogP contribution in [0.4, 0.5) is 8.78 Å². The predicted molar refractivity (Wildman–Crippen MR) is 124 cm³/mol. The molecule has 3 aromatic carbocycles. The van der Waals surface area contributed by atoms with Crippen molar-refractivity contribution in [1.82, 2.24) is 9.80 Å².